The van der Waals surface area contributed by atoms with Crippen LogP contribution in [0.4, 0.5) is 0 Å². The zero-order valence-corrected chi connectivity index (χ0v) is 16.2. The van der Waals surface area contributed by atoms with Gasteiger partial charge < -0.3 is 10.6 Å². The van der Waals surface area contributed by atoms with Gasteiger partial charge in [-0.05, 0) is 62.7 Å². The molecular weight excluding hydrogens is 376 g/mol. The molecule has 1 aromatic rings. The van der Waals surface area contributed by atoms with Crippen molar-refractivity contribution in [2.45, 2.75) is 39.0 Å². The normalized spacial score (nSPS) is 18.8. The lowest BCUT2D eigenvalue weighted by Crippen LogP contribution is -2.35. The molecule has 0 aliphatic carbocycles. The van der Waals surface area contributed by atoms with Gasteiger partial charge in [0.15, 0.2) is 0 Å². The third-order valence-corrected chi connectivity index (χ3v) is 5.31. The van der Waals surface area contributed by atoms with Crippen LogP contribution in [0.3, 0.4) is 0 Å². The van der Waals surface area contributed by atoms with E-state index in [0.717, 1.165) is 49.3 Å². The van der Waals surface area contributed by atoms with Gasteiger partial charge >= 0.3 is 0 Å². The minimum absolute atomic E-state index is 0. The van der Waals surface area contributed by atoms with E-state index in [9.17, 15) is 4.79 Å². The summed E-state index contributed by atoms with van der Waals surface area (Å²) in [5.74, 6) is 0.975. The molecule has 0 spiro atoms. The number of carbonyl (C=O) groups is 1. The first-order valence-corrected chi connectivity index (χ1v) is 9.21. The van der Waals surface area contributed by atoms with Crippen molar-refractivity contribution in [2.24, 2.45) is 11.8 Å². The lowest BCUT2D eigenvalue weighted by Gasteiger charge is -2.23. The van der Waals surface area contributed by atoms with Gasteiger partial charge in [-0.2, -0.15) is 0 Å². The van der Waals surface area contributed by atoms with E-state index in [2.05, 4.69) is 39.6 Å². The van der Waals surface area contributed by atoms with E-state index < -0.39 is 0 Å². The van der Waals surface area contributed by atoms with Crippen molar-refractivity contribution in [2.75, 3.05) is 19.6 Å². The average Bonchev–Trinajstić information content (AvgIpc) is 2.55. The number of benzene rings is 1. The van der Waals surface area contributed by atoms with E-state index >= 15 is 0 Å². The molecule has 1 aliphatic rings. The van der Waals surface area contributed by atoms with E-state index in [1.54, 1.807) is 0 Å². The summed E-state index contributed by atoms with van der Waals surface area (Å²) in [5.41, 5.74) is 1.21. The fourth-order valence-electron chi connectivity index (χ4n) is 3.07. The highest BCUT2D eigenvalue weighted by molar-refractivity contribution is 9.10. The second-order valence-electron chi connectivity index (χ2n) is 6.19. The summed E-state index contributed by atoms with van der Waals surface area (Å²) in [6.07, 6.45) is 5.31. The van der Waals surface area contributed by atoms with Gasteiger partial charge in [-0.1, -0.05) is 41.1 Å². The molecule has 1 amide bonds. The second kappa shape index (κ2) is 11.1. The Morgan fingerprint density at radius 2 is 2.22 bits per heavy atom. The molecule has 1 aliphatic heterocycles. The Kier molecular flexibility index (Phi) is 9.84. The average molecular weight is 404 g/mol. The van der Waals surface area contributed by atoms with Crippen molar-refractivity contribution in [1.82, 2.24) is 10.6 Å². The van der Waals surface area contributed by atoms with Crippen LogP contribution in [0.15, 0.2) is 28.7 Å². The van der Waals surface area contributed by atoms with Crippen LogP contribution in [0.1, 0.15) is 38.2 Å². The predicted octanol–water partition coefficient (Wildman–Crippen LogP) is 3.95. The minimum atomic E-state index is 0. The van der Waals surface area contributed by atoms with Crippen LogP contribution < -0.4 is 10.6 Å². The maximum absolute atomic E-state index is 12.4. The molecule has 2 rings (SSSR count). The summed E-state index contributed by atoms with van der Waals surface area (Å²) in [4.78, 5) is 12.4. The van der Waals surface area contributed by atoms with Crippen LogP contribution in [0, 0.1) is 11.8 Å². The van der Waals surface area contributed by atoms with Crippen LogP contribution in [-0.2, 0) is 11.2 Å². The molecule has 0 bridgehead atoms. The monoisotopic (exact) mass is 402 g/mol. The molecule has 23 heavy (non-hydrogen) atoms. The Morgan fingerprint density at radius 1 is 1.43 bits per heavy atom. The van der Waals surface area contributed by atoms with E-state index in [1.807, 2.05) is 18.2 Å². The van der Waals surface area contributed by atoms with Crippen molar-refractivity contribution < 1.29 is 4.79 Å². The van der Waals surface area contributed by atoms with Crippen LogP contribution in [0.5, 0.6) is 0 Å². The lowest BCUT2D eigenvalue weighted by atomic mass is 9.94. The summed E-state index contributed by atoms with van der Waals surface area (Å²) in [7, 11) is 0. The molecule has 1 aromatic carbocycles. The van der Waals surface area contributed by atoms with Crippen LogP contribution in [-0.4, -0.2) is 25.5 Å². The van der Waals surface area contributed by atoms with Gasteiger partial charge in [-0.25, -0.2) is 0 Å². The molecule has 5 heteroatoms. The number of nitrogens with one attached hydrogen (secondary N) is 2. The van der Waals surface area contributed by atoms with Crippen molar-refractivity contribution in [1.29, 1.82) is 0 Å². The lowest BCUT2D eigenvalue weighted by molar-refractivity contribution is -0.125. The Balaban J connectivity index is 0.00000264. The maximum atomic E-state index is 12.4. The smallest absolute Gasteiger partial charge is 0.223 e. The standard InChI is InChI=1S/C18H27BrN2O.ClH/c1-2-15(12-16-7-3-4-8-17(16)19)18(22)21-11-9-14-6-5-10-20-13-14;/h3-4,7-8,14-15,20H,2,5-6,9-13H2,1H3,(H,21,22);1H. The van der Waals surface area contributed by atoms with Crippen molar-refractivity contribution in [3.63, 3.8) is 0 Å². The SMILES string of the molecule is CCC(Cc1ccccc1Br)C(=O)NCCC1CCCNC1.Cl. The molecule has 130 valence electrons. The summed E-state index contributed by atoms with van der Waals surface area (Å²) in [5, 5.41) is 6.57. The number of piperidine rings is 1. The third kappa shape index (κ3) is 6.82. The topological polar surface area (TPSA) is 41.1 Å². The van der Waals surface area contributed by atoms with Crippen molar-refractivity contribution in [3.8, 4) is 0 Å². The Hall–Kier alpha value is -0.580. The Morgan fingerprint density at radius 3 is 2.87 bits per heavy atom. The number of amides is 1. The molecule has 1 heterocycles. The molecule has 0 radical (unpaired) electrons. The fraction of sp³-hybridized carbons (Fsp3) is 0.611. The van der Waals surface area contributed by atoms with Crippen LogP contribution in [0.2, 0.25) is 0 Å². The molecule has 1 saturated heterocycles. The summed E-state index contributed by atoms with van der Waals surface area (Å²) in [6.45, 7) is 5.14. The van der Waals surface area contributed by atoms with Crippen LogP contribution in [0.25, 0.3) is 0 Å². The van der Waals surface area contributed by atoms with Gasteiger partial charge in [-0.15, -0.1) is 12.4 Å². The Bertz CT molecular complexity index is 478. The van der Waals surface area contributed by atoms with E-state index in [-0.39, 0.29) is 24.2 Å². The maximum Gasteiger partial charge on any atom is 0.223 e. The van der Waals surface area contributed by atoms with Gasteiger partial charge in [-0.3, -0.25) is 4.79 Å². The molecule has 2 unspecified atom stereocenters. The van der Waals surface area contributed by atoms with Gasteiger partial charge in [0.25, 0.3) is 0 Å². The first kappa shape index (κ1) is 20.5. The highest BCUT2D eigenvalue weighted by Gasteiger charge is 2.19. The van der Waals surface area contributed by atoms with Gasteiger partial charge in [0, 0.05) is 16.9 Å². The molecule has 0 saturated carbocycles. The van der Waals surface area contributed by atoms with E-state index in [0.29, 0.717) is 0 Å². The third-order valence-electron chi connectivity index (χ3n) is 4.54. The molecule has 1 fully saturated rings. The number of carbonyl (C=O) groups excluding carboxylic acids is 1. The quantitative estimate of drug-likeness (QED) is 0.724. The van der Waals surface area contributed by atoms with Crippen molar-refractivity contribution >= 4 is 34.2 Å². The summed E-state index contributed by atoms with van der Waals surface area (Å²) < 4.78 is 1.09. The molecule has 2 N–H and O–H groups in total. The van der Waals surface area contributed by atoms with Crippen LogP contribution >= 0.6 is 28.3 Å². The number of halogens is 2. The highest BCUT2D eigenvalue weighted by Crippen LogP contribution is 2.21. The summed E-state index contributed by atoms with van der Waals surface area (Å²) >= 11 is 3.57. The van der Waals surface area contributed by atoms with E-state index in [1.165, 1.54) is 18.4 Å². The fourth-order valence-corrected chi connectivity index (χ4v) is 3.51. The van der Waals surface area contributed by atoms with Gasteiger partial charge in [0.1, 0.15) is 0 Å². The molecule has 3 nitrogen and oxygen atoms in total. The van der Waals surface area contributed by atoms with Crippen molar-refractivity contribution in [3.05, 3.63) is 34.3 Å². The summed E-state index contributed by atoms with van der Waals surface area (Å²) in [6, 6.07) is 8.16. The zero-order chi connectivity index (χ0) is 15.8. The molecule has 0 aromatic heterocycles. The number of hydrogen-bond donors (Lipinski definition) is 2. The Labute approximate surface area is 154 Å². The van der Waals surface area contributed by atoms with Gasteiger partial charge in [0.2, 0.25) is 5.91 Å². The van der Waals surface area contributed by atoms with E-state index in [4.69, 9.17) is 0 Å². The van der Waals surface area contributed by atoms with Gasteiger partial charge in [0.05, 0.1) is 0 Å². The number of hydrogen-bond acceptors (Lipinski definition) is 2. The predicted molar refractivity (Wildman–Crippen MR) is 102 cm³/mol. The number of rotatable bonds is 7. The first-order valence-electron chi connectivity index (χ1n) is 8.42. The largest absolute Gasteiger partial charge is 0.356 e. The molecule has 2 atom stereocenters. The zero-order valence-electron chi connectivity index (χ0n) is 13.8. The second-order valence-corrected chi connectivity index (χ2v) is 7.05. The molecular formula is C18H28BrClN2O. The highest BCUT2D eigenvalue weighted by atomic mass is 79.9. The first-order chi connectivity index (χ1) is 10.7. The minimum Gasteiger partial charge on any atom is -0.356 e.